The van der Waals surface area contributed by atoms with Gasteiger partial charge < -0.3 is 4.90 Å². The number of rotatable bonds is 5. The highest BCUT2D eigenvalue weighted by molar-refractivity contribution is 6.30. The summed E-state index contributed by atoms with van der Waals surface area (Å²) in [5.41, 5.74) is 3.55. The van der Waals surface area contributed by atoms with Crippen molar-refractivity contribution in [2.45, 2.75) is 32.1 Å². The molecule has 2 nitrogen and oxygen atoms in total. The van der Waals surface area contributed by atoms with Crippen LogP contribution in [0.1, 0.15) is 41.6 Å². The first kappa shape index (κ1) is 16.1. The van der Waals surface area contributed by atoms with Crippen molar-refractivity contribution in [2.24, 2.45) is 0 Å². The Morgan fingerprint density at radius 1 is 1.04 bits per heavy atom. The maximum Gasteiger partial charge on any atom is 0.162 e. The zero-order valence-electron chi connectivity index (χ0n) is 13.3. The zero-order chi connectivity index (χ0) is 16.1. The maximum atomic E-state index is 12.2. The number of carbonyl (C=O) groups excluding carboxylic acids is 1. The quantitative estimate of drug-likeness (QED) is 0.708. The first-order valence-corrected chi connectivity index (χ1v) is 8.73. The van der Waals surface area contributed by atoms with Gasteiger partial charge in [0.25, 0.3) is 0 Å². The minimum absolute atomic E-state index is 0.199. The average Bonchev–Trinajstić information content (AvgIpc) is 2.78. The summed E-state index contributed by atoms with van der Waals surface area (Å²) in [4.78, 5) is 14.7. The summed E-state index contributed by atoms with van der Waals surface area (Å²) < 4.78 is 0. The minimum atomic E-state index is 0.199. The molecule has 2 aromatic rings. The van der Waals surface area contributed by atoms with Crippen molar-refractivity contribution in [3.8, 4) is 0 Å². The van der Waals surface area contributed by atoms with Gasteiger partial charge in [-0.3, -0.25) is 4.79 Å². The van der Waals surface area contributed by atoms with Gasteiger partial charge in [0.1, 0.15) is 0 Å². The van der Waals surface area contributed by atoms with Crippen LogP contribution in [0.4, 0.5) is 5.69 Å². The third-order valence-corrected chi connectivity index (χ3v) is 4.71. The monoisotopic (exact) mass is 327 g/mol. The van der Waals surface area contributed by atoms with Crippen LogP contribution in [0.25, 0.3) is 0 Å². The van der Waals surface area contributed by atoms with Crippen LogP contribution in [0.2, 0.25) is 5.02 Å². The van der Waals surface area contributed by atoms with Gasteiger partial charge in [0.2, 0.25) is 0 Å². The molecule has 0 bridgehead atoms. The Labute approximate surface area is 143 Å². The third kappa shape index (κ3) is 4.14. The summed E-state index contributed by atoms with van der Waals surface area (Å²) in [6, 6.07) is 15.8. The minimum Gasteiger partial charge on any atom is -0.371 e. The van der Waals surface area contributed by atoms with Crippen LogP contribution in [0.5, 0.6) is 0 Å². The van der Waals surface area contributed by atoms with Crippen molar-refractivity contribution in [3.05, 3.63) is 64.7 Å². The SMILES string of the molecule is O=C(CCCN1CCCCc2ccccc21)c1ccc(Cl)cc1. The van der Waals surface area contributed by atoms with Crippen molar-refractivity contribution < 1.29 is 4.79 Å². The van der Waals surface area contributed by atoms with Gasteiger partial charge in [-0.25, -0.2) is 0 Å². The molecule has 120 valence electrons. The molecule has 0 aromatic heterocycles. The first-order valence-electron chi connectivity index (χ1n) is 8.35. The molecular weight excluding hydrogens is 306 g/mol. The molecule has 0 fully saturated rings. The van der Waals surface area contributed by atoms with Crippen LogP contribution in [0.3, 0.4) is 0 Å². The van der Waals surface area contributed by atoms with Crippen LogP contribution in [0.15, 0.2) is 48.5 Å². The number of aryl methyl sites for hydroxylation is 1. The summed E-state index contributed by atoms with van der Waals surface area (Å²) in [5, 5.41) is 0.669. The summed E-state index contributed by atoms with van der Waals surface area (Å²) in [5.74, 6) is 0.199. The van der Waals surface area contributed by atoms with Crippen LogP contribution < -0.4 is 4.90 Å². The molecule has 1 heterocycles. The molecule has 1 aliphatic heterocycles. The van der Waals surface area contributed by atoms with Gasteiger partial charge in [0.15, 0.2) is 5.78 Å². The number of ketones is 1. The highest BCUT2D eigenvalue weighted by atomic mass is 35.5. The Kier molecular flexibility index (Phi) is 5.35. The van der Waals surface area contributed by atoms with Gasteiger partial charge in [-0.2, -0.15) is 0 Å². The highest BCUT2D eigenvalue weighted by Gasteiger charge is 2.15. The molecule has 0 radical (unpaired) electrons. The van der Waals surface area contributed by atoms with Crippen LogP contribution in [0, 0.1) is 0 Å². The predicted molar refractivity (Wildman–Crippen MR) is 96.6 cm³/mol. The van der Waals surface area contributed by atoms with Crippen molar-refractivity contribution in [3.63, 3.8) is 0 Å². The van der Waals surface area contributed by atoms with E-state index in [1.165, 1.54) is 24.1 Å². The van der Waals surface area contributed by atoms with Crippen molar-refractivity contribution in [2.75, 3.05) is 18.0 Å². The van der Waals surface area contributed by atoms with Crippen LogP contribution in [-0.4, -0.2) is 18.9 Å². The van der Waals surface area contributed by atoms with E-state index >= 15 is 0 Å². The molecule has 0 spiro atoms. The fourth-order valence-corrected chi connectivity index (χ4v) is 3.34. The smallest absolute Gasteiger partial charge is 0.162 e. The van der Waals surface area contributed by atoms with Gasteiger partial charge in [0, 0.05) is 35.8 Å². The molecular formula is C20H22ClNO. The largest absolute Gasteiger partial charge is 0.371 e. The van der Waals surface area contributed by atoms with Gasteiger partial charge in [-0.15, -0.1) is 0 Å². The number of anilines is 1. The van der Waals surface area contributed by atoms with E-state index in [4.69, 9.17) is 11.6 Å². The lowest BCUT2D eigenvalue weighted by molar-refractivity contribution is 0.0980. The fraction of sp³-hybridized carbons (Fsp3) is 0.350. The zero-order valence-corrected chi connectivity index (χ0v) is 14.1. The molecule has 0 N–H and O–H groups in total. The number of nitrogens with zero attached hydrogens (tertiary/aromatic N) is 1. The molecule has 3 heteroatoms. The van der Waals surface area contributed by atoms with Crippen LogP contribution >= 0.6 is 11.6 Å². The second-order valence-electron chi connectivity index (χ2n) is 6.11. The van der Waals surface area contributed by atoms with E-state index in [2.05, 4.69) is 29.2 Å². The lowest BCUT2D eigenvalue weighted by atomic mass is 10.1. The van der Waals surface area contributed by atoms with Gasteiger partial charge in [-0.1, -0.05) is 29.8 Å². The number of hydrogen-bond donors (Lipinski definition) is 0. The number of fused-ring (bicyclic) bond motifs is 1. The normalized spacial score (nSPS) is 14.2. The van der Waals surface area contributed by atoms with Gasteiger partial charge in [-0.05, 0) is 61.6 Å². The molecule has 0 saturated carbocycles. The average molecular weight is 328 g/mol. The Balaban J connectivity index is 1.58. The summed E-state index contributed by atoms with van der Waals surface area (Å²) in [6.07, 6.45) is 5.10. The molecule has 0 saturated heterocycles. The maximum absolute atomic E-state index is 12.2. The molecule has 0 atom stereocenters. The highest BCUT2D eigenvalue weighted by Crippen LogP contribution is 2.26. The topological polar surface area (TPSA) is 20.3 Å². The lowest BCUT2D eigenvalue weighted by Gasteiger charge is -2.24. The fourth-order valence-electron chi connectivity index (χ4n) is 3.21. The van der Waals surface area contributed by atoms with E-state index in [0.717, 1.165) is 31.5 Å². The number of hydrogen-bond acceptors (Lipinski definition) is 2. The van der Waals surface area contributed by atoms with E-state index in [1.807, 2.05) is 12.1 Å². The Morgan fingerprint density at radius 3 is 2.65 bits per heavy atom. The van der Waals surface area contributed by atoms with Crippen molar-refractivity contribution in [1.82, 2.24) is 0 Å². The number of halogens is 1. The second kappa shape index (κ2) is 7.65. The molecule has 0 unspecified atom stereocenters. The third-order valence-electron chi connectivity index (χ3n) is 4.45. The molecule has 0 amide bonds. The number of para-hydroxylation sites is 1. The van der Waals surface area contributed by atoms with E-state index in [0.29, 0.717) is 11.4 Å². The van der Waals surface area contributed by atoms with Gasteiger partial charge >= 0.3 is 0 Å². The van der Waals surface area contributed by atoms with Crippen molar-refractivity contribution >= 4 is 23.1 Å². The van der Waals surface area contributed by atoms with E-state index in [9.17, 15) is 4.79 Å². The summed E-state index contributed by atoms with van der Waals surface area (Å²) in [6.45, 7) is 2.03. The summed E-state index contributed by atoms with van der Waals surface area (Å²) >= 11 is 5.87. The lowest BCUT2D eigenvalue weighted by Crippen LogP contribution is -2.25. The predicted octanol–water partition coefficient (Wildman–Crippen LogP) is 5.15. The standard InChI is InChI=1S/C20H22ClNO/c21-18-12-10-17(11-13-18)20(23)9-5-15-22-14-4-3-7-16-6-1-2-8-19(16)22/h1-2,6,8,10-13H,3-5,7,9,14-15H2. The molecule has 23 heavy (non-hydrogen) atoms. The number of benzene rings is 2. The summed E-state index contributed by atoms with van der Waals surface area (Å²) in [7, 11) is 0. The molecule has 1 aliphatic rings. The molecule has 3 rings (SSSR count). The van der Waals surface area contributed by atoms with E-state index in [1.54, 1.807) is 12.1 Å². The van der Waals surface area contributed by atoms with Crippen molar-refractivity contribution in [1.29, 1.82) is 0 Å². The second-order valence-corrected chi connectivity index (χ2v) is 6.54. The Morgan fingerprint density at radius 2 is 1.83 bits per heavy atom. The van der Waals surface area contributed by atoms with E-state index in [-0.39, 0.29) is 5.78 Å². The first-order chi connectivity index (χ1) is 11.2. The number of Topliss-reactive ketones (excluding diaryl/α,β-unsaturated/α-hetero) is 1. The number of carbonyl (C=O) groups is 1. The molecule has 0 aliphatic carbocycles. The Hall–Kier alpha value is -1.80. The van der Waals surface area contributed by atoms with Crippen LogP contribution in [-0.2, 0) is 6.42 Å². The van der Waals surface area contributed by atoms with E-state index < -0.39 is 0 Å². The molecule has 2 aromatic carbocycles. The van der Waals surface area contributed by atoms with Gasteiger partial charge in [0.05, 0.1) is 0 Å². The Bertz CT molecular complexity index is 666.